The smallest absolute Gasteiger partial charge is 0.186 e. The van der Waals surface area contributed by atoms with Crippen LogP contribution >= 0.6 is 11.6 Å². The van der Waals surface area contributed by atoms with E-state index in [0.717, 1.165) is 5.56 Å². The first kappa shape index (κ1) is 11.8. The number of halogens is 1. The highest BCUT2D eigenvalue weighted by atomic mass is 35.5. The van der Waals surface area contributed by atoms with Crippen molar-refractivity contribution in [2.75, 3.05) is 6.61 Å². The molecule has 0 saturated carbocycles. The zero-order valence-corrected chi connectivity index (χ0v) is 8.96. The second-order valence-corrected chi connectivity index (χ2v) is 3.70. The largest absolute Gasteiger partial charge is 0.394 e. The maximum Gasteiger partial charge on any atom is 0.186 e. The van der Waals surface area contributed by atoms with Crippen LogP contribution in [0.3, 0.4) is 0 Å². The number of aliphatic hydroxyl groups is 1. The molecule has 0 aliphatic heterocycles. The molecule has 0 bridgehead atoms. The number of aliphatic hydroxyl groups excluding tert-OH is 1. The monoisotopic (exact) mass is 227 g/mol. The summed E-state index contributed by atoms with van der Waals surface area (Å²) in [5, 5.41) is 19.5. The third-order valence-electron chi connectivity index (χ3n) is 1.98. The summed E-state index contributed by atoms with van der Waals surface area (Å²) >= 11 is 5.75. The van der Waals surface area contributed by atoms with Crippen LogP contribution in [-0.4, -0.2) is 23.7 Å². The van der Waals surface area contributed by atoms with Crippen LogP contribution in [0, 0.1) is 5.41 Å². The van der Waals surface area contributed by atoms with Gasteiger partial charge in [-0.2, -0.15) is 0 Å². The fraction of sp³-hybridized carbons (Fsp3) is 0.300. The van der Waals surface area contributed by atoms with Gasteiger partial charge in [-0.1, -0.05) is 23.7 Å². The molecule has 0 aromatic heterocycles. The number of rotatable bonds is 4. The molecule has 82 valence electrons. The lowest BCUT2D eigenvalue weighted by Crippen LogP contribution is -2.42. The first-order valence-electron chi connectivity index (χ1n) is 4.57. The van der Waals surface area contributed by atoms with E-state index in [0.29, 0.717) is 11.4 Å². The molecule has 0 heterocycles. The molecule has 5 heteroatoms. The van der Waals surface area contributed by atoms with Crippen LogP contribution in [0.25, 0.3) is 0 Å². The molecule has 1 unspecified atom stereocenters. The maximum absolute atomic E-state index is 9.05. The van der Waals surface area contributed by atoms with Crippen molar-refractivity contribution < 1.29 is 5.11 Å². The Morgan fingerprint density at radius 2 is 2.07 bits per heavy atom. The van der Waals surface area contributed by atoms with Crippen LogP contribution < -0.4 is 11.1 Å². The highest BCUT2D eigenvalue weighted by Gasteiger charge is 2.08. The summed E-state index contributed by atoms with van der Waals surface area (Å²) in [6.45, 7) is -0.0673. The number of nitrogens with one attached hydrogen (secondary N) is 2. The van der Waals surface area contributed by atoms with Gasteiger partial charge in [0.15, 0.2) is 5.96 Å². The first-order chi connectivity index (χ1) is 7.11. The Hall–Kier alpha value is -1.26. The third-order valence-corrected chi connectivity index (χ3v) is 2.23. The van der Waals surface area contributed by atoms with Crippen molar-refractivity contribution in [3.63, 3.8) is 0 Å². The Balaban J connectivity index is 2.58. The van der Waals surface area contributed by atoms with E-state index in [2.05, 4.69) is 5.32 Å². The molecule has 0 aliphatic carbocycles. The minimum Gasteiger partial charge on any atom is -0.394 e. The molecule has 0 fully saturated rings. The van der Waals surface area contributed by atoms with E-state index in [1.165, 1.54) is 0 Å². The molecule has 5 N–H and O–H groups in total. The molecular weight excluding hydrogens is 214 g/mol. The van der Waals surface area contributed by atoms with Crippen LogP contribution in [0.5, 0.6) is 0 Å². The predicted octanol–water partition coefficient (Wildman–Crippen LogP) is 0.726. The average molecular weight is 228 g/mol. The zero-order valence-electron chi connectivity index (χ0n) is 8.20. The Bertz CT molecular complexity index is 326. The summed E-state index contributed by atoms with van der Waals surface area (Å²) in [6, 6.07) is 7.11. The molecule has 0 saturated heterocycles. The summed E-state index contributed by atoms with van der Waals surface area (Å²) in [5.41, 5.74) is 6.22. The minimum atomic E-state index is -0.233. The Kier molecular flexibility index (Phi) is 4.39. The average Bonchev–Trinajstić information content (AvgIpc) is 2.19. The SMILES string of the molecule is N=C(N)NC(CO)Cc1ccc(Cl)cc1. The van der Waals surface area contributed by atoms with Gasteiger partial charge in [-0.15, -0.1) is 0 Å². The molecule has 1 atom stereocenters. The van der Waals surface area contributed by atoms with Gasteiger partial charge in [0.2, 0.25) is 0 Å². The summed E-state index contributed by atoms with van der Waals surface area (Å²) < 4.78 is 0. The van der Waals surface area contributed by atoms with Crippen LogP contribution in [0.15, 0.2) is 24.3 Å². The first-order valence-corrected chi connectivity index (χ1v) is 4.95. The molecule has 0 spiro atoms. The van der Waals surface area contributed by atoms with Crippen molar-refractivity contribution in [2.45, 2.75) is 12.5 Å². The Morgan fingerprint density at radius 3 is 2.53 bits per heavy atom. The molecule has 0 aliphatic rings. The zero-order chi connectivity index (χ0) is 11.3. The van der Waals surface area contributed by atoms with Gasteiger partial charge < -0.3 is 16.2 Å². The maximum atomic E-state index is 9.05. The summed E-state index contributed by atoms with van der Waals surface area (Å²) in [4.78, 5) is 0. The fourth-order valence-corrected chi connectivity index (χ4v) is 1.41. The Morgan fingerprint density at radius 1 is 1.47 bits per heavy atom. The number of nitrogens with two attached hydrogens (primary N) is 1. The van der Waals surface area contributed by atoms with Crippen LogP contribution in [0.1, 0.15) is 5.56 Å². The lowest BCUT2D eigenvalue weighted by atomic mass is 10.1. The highest BCUT2D eigenvalue weighted by molar-refractivity contribution is 6.30. The van der Waals surface area contributed by atoms with Crippen molar-refractivity contribution in [2.24, 2.45) is 5.73 Å². The Labute approximate surface area is 93.6 Å². The summed E-state index contributed by atoms with van der Waals surface area (Å²) in [7, 11) is 0. The van der Waals surface area contributed by atoms with E-state index in [1.807, 2.05) is 12.1 Å². The van der Waals surface area contributed by atoms with Gasteiger partial charge in [0.25, 0.3) is 0 Å². The number of hydrogen-bond acceptors (Lipinski definition) is 2. The molecule has 1 rings (SSSR count). The van der Waals surface area contributed by atoms with E-state index in [-0.39, 0.29) is 18.6 Å². The van der Waals surface area contributed by atoms with Crippen molar-refractivity contribution in [3.8, 4) is 0 Å². The molecule has 0 radical (unpaired) electrons. The van der Waals surface area contributed by atoms with Gasteiger partial charge in [-0.05, 0) is 24.1 Å². The van der Waals surface area contributed by atoms with Gasteiger partial charge >= 0.3 is 0 Å². The lowest BCUT2D eigenvalue weighted by Gasteiger charge is -2.15. The van der Waals surface area contributed by atoms with Crippen molar-refractivity contribution in [1.29, 1.82) is 5.41 Å². The third kappa shape index (κ3) is 4.18. The predicted molar refractivity (Wildman–Crippen MR) is 61.1 cm³/mol. The summed E-state index contributed by atoms with van der Waals surface area (Å²) in [6.07, 6.45) is 0.604. The van der Waals surface area contributed by atoms with Gasteiger partial charge in [-0.25, -0.2) is 0 Å². The number of hydrogen-bond donors (Lipinski definition) is 4. The quantitative estimate of drug-likeness (QED) is 0.452. The topological polar surface area (TPSA) is 82.1 Å². The molecule has 0 amide bonds. The van der Waals surface area contributed by atoms with E-state index >= 15 is 0 Å². The van der Waals surface area contributed by atoms with Crippen LogP contribution in [0.2, 0.25) is 5.02 Å². The fourth-order valence-electron chi connectivity index (χ4n) is 1.29. The van der Waals surface area contributed by atoms with Crippen LogP contribution in [0.4, 0.5) is 0 Å². The molecular formula is C10H14ClN3O. The minimum absolute atomic E-state index is 0.0673. The second-order valence-electron chi connectivity index (χ2n) is 3.27. The number of benzene rings is 1. The van der Waals surface area contributed by atoms with Crippen molar-refractivity contribution in [3.05, 3.63) is 34.9 Å². The molecule has 4 nitrogen and oxygen atoms in total. The molecule has 1 aromatic rings. The van der Waals surface area contributed by atoms with Crippen LogP contribution in [-0.2, 0) is 6.42 Å². The van der Waals surface area contributed by atoms with Gasteiger partial charge in [0.1, 0.15) is 0 Å². The van der Waals surface area contributed by atoms with E-state index in [9.17, 15) is 0 Å². The number of guanidine groups is 1. The van der Waals surface area contributed by atoms with E-state index in [4.69, 9.17) is 27.9 Å². The van der Waals surface area contributed by atoms with Gasteiger partial charge in [-0.3, -0.25) is 5.41 Å². The van der Waals surface area contributed by atoms with Crippen molar-refractivity contribution >= 4 is 17.6 Å². The van der Waals surface area contributed by atoms with Gasteiger partial charge in [0.05, 0.1) is 12.6 Å². The molecule has 15 heavy (non-hydrogen) atoms. The van der Waals surface area contributed by atoms with E-state index in [1.54, 1.807) is 12.1 Å². The summed E-state index contributed by atoms with van der Waals surface area (Å²) in [5.74, 6) is -0.136. The second kappa shape index (κ2) is 5.58. The lowest BCUT2D eigenvalue weighted by molar-refractivity contribution is 0.254. The van der Waals surface area contributed by atoms with Crippen molar-refractivity contribution in [1.82, 2.24) is 5.32 Å². The van der Waals surface area contributed by atoms with E-state index < -0.39 is 0 Å². The standard InChI is InChI=1S/C10H14ClN3O/c11-8-3-1-7(2-4-8)5-9(6-15)14-10(12)13/h1-4,9,15H,5-6H2,(H4,12,13,14). The van der Waals surface area contributed by atoms with Gasteiger partial charge in [0, 0.05) is 5.02 Å². The highest BCUT2D eigenvalue weighted by Crippen LogP contribution is 2.10. The normalized spacial score (nSPS) is 12.1. The molecule has 1 aromatic carbocycles.